The number of hydrogen-bond donors (Lipinski definition) is 0. The van der Waals surface area contributed by atoms with Crippen LogP contribution in [0, 0.1) is 6.92 Å². The first-order chi connectivity index (χ1) is 10.2. The van der Waals surface area contributed by atoms with E-state index in [4.69, 9.17) is 0 Å². The largest absolute Gasteiger partial charge is 0.337 e. The Morgan fingerprint density at radius 1 is 1.24 bits per heavy atom. The van der Waals surface area contributed by atoms with Crippen LogP contribution in [0.15, 0.2) is 41.3 Å². The lowest BCUT2D eigenvalue weighted by atomic mass is 10.0. The summed E-state index contributed by atoms with van der Waals surface area (Å²) < 4.78 is 0. The second-order valence-corrected chi connectivity index (χ2v) is 6.22. The molecule has 3 nitrogen and oxygen atoms in total. The smallest absolute Gasteiger partial charge is 0.263 e. The number of piperidine rings is 1. The van der Waals surface area contributed by atoms with E-state index in [1.54, 1.807) is 0 Å². The van der Waals surface area contributed by atoms with Crippen molar-refractivity contribution in [2.24, 2.45) is 0 Å². The summed E-state index contributed by atoms with van der Waals surface area (Å²) in [4.78, 5) is 19.6. The van der Waals surface area contributed by atoms with Crippen LogP contribution in [0.2, 0.25) is 0 Å². The quantitative estimate of drug-likeness (QED) is 0.845. The molecule has 1 saturated heterocycles. The zero-order chi connectivity index (χ0) is 14.7. The second-order valence-electron chi connectivity index (χ2n) is 5.28. The Hall–Kier alpha value is -1.94. The number of aryl methyl sites for hydroxylation is 1. The van der Waals surface area contributed by atoms with Crippen LogP contribution in [-0.2, 0) is 0 Å². The monoisotopic (exact) mass is 298 g/mol. The van der Waals surface area contributed by atoms with Gasteiger partial charge in [-0.25, -0.2) is 0 Å². The Morgan fingerprint density at radius 2 is 2.05 bits per heavy atom. The van der Waals surface area contributed by atoms with Crippen LogP contribution in [0.25, 0.3) is 6.08 Å². The first kappa shape index (κ1) is 14.0. The third-order valence-corrected chi connectivity index (χ3v) is 4.54. The van der Waals surface area contributed by atoms with E-state index in [-0.39, 0.29) is 5.91 Å². The molecular formula is C17H18N2OS. The number of likely N-dealkylation sites (tertiary alicyclic amines) is 1. The van der Waals surface area contributed by atoms with E-state index >= 15 is 0 Å². The standard InChI is InChI=1S/C17H18N2OS/c1-13-4-2-5-15(18-13)12-14-7-9-19(10-8-14)17(20)16-6-3-11-21-16/h2-6,11-12H,7-10H2,1H3. The summed E-state index contributed by atoms with van der Waals surface area (Å²) in [6.45, 7) is 3.60. The number of carbonyl (C=O) groups is 1. The Balaban J connectivity index is 1.64. The molecule has 0 atom stereocenters. The van der Waals surface area contributed by atoms with Crippen molar-refractivity contribution >= 4 is 23.3 Å². The van der Waals surface area contributed by atoms with Crippen molar-refractivity contribution in [3.05, 3.63) is 57.6 Å². The molecule has 21 heavy (non-hydrogen) atoms. The van der Waals surface area contributed by atoms with Gasteiger partial charge in [0.1, 0.15) is 0 Å². The van der Waals surface area contributed by atoms with Gasteiger partial charge in [-0.15, -0.1) is 11.3 Å². The van der Waals surface area contributed by atoms with Crippen molar-refractivity contribution in [3.63, 3.8) is 0 Å². The number of carbonyl (C=O) groups excluding carboxylic acids is 1. The number of rotatable bonds is 2. The van der Waals surface area contributed by atoms with E-state index in [2.05, 4.69) is 11.1 Å². The van der Waals surface area contributed by atoms with Crippen molar-refractivity contribution in [3.8, 4) is 0 Å². The maximum Gasteiger partial charge on any atom is 0.263 e. The van der Waals surface area contributed by atoms with Crippen molar-refractivity contribution in [1.82, 2.24) is 9.88 Å². The zero-order valence-electron chi connectivity index (χ0n) is 12.1. The molecule has 2 aromatic rings. The Labute approximate surface area is 128 Å². The molecule has 108 valence electrons. The minimum Gasteiger partial charge on any atom is -0.337 e. The highest BCUT2D eigenvalue weighted by atomic mass is 32.1. The predicted octanol–water partition coefficient (Wildman–Crippen LogP) is 3.77. The van der Waals surface area contributed by atoms with Crippen LogP contribution in [0.3, 0.4) is 0 Å². The molecule has 1 aliphatic heterocycles. The van der Waals surface area contributed by atoms with Crippen LogP contribution >= 0.6 is 11.3 Å². The van der Waals surface area contributed by atoms with E-state index in [9.17, 15) is 4.79 Å². The van der Waals surface area contributed by atoms with Gasteiger partial charge in [0, 0.05) is 18.8 Å². The summed E-state index contributed by atoms with van der Waals surface area (Å²) in [5.74, 6) is 0.165. The van der Waals surface area contributed by atoms with Crippen LogP contribution in [0.1, 0.15) is 33.9 Å². The lowest BCUT2D eigenvalue weighted by molar-refractivity contribution is 0.0749. The van der Waals surface area contributed by atoms with Gasteiger partial charge in [-0.05, 0) is 49.4 Å². The van der Waals surface area contributed by atoms with Gasteiger partial charge in [0.05, 0.1) is 10.6 Å². The molecule has 0 spiro atoms. The maximum absolute atomic E-state index is 12.3. The van der Waals surface area contributed by atoms with Crippen LogP contribution in [0.4, 0.5) is 0 Å². The molecule has 3 heterocycles. The van der Waals surface area contributed by atoms with Crippen LogP contribution in [0.5, 0.6) is 0 Å². The van der Waals surface area contributed by atoms with E-state index in [1.165, 1.54) is 16.9 Å². The normalized spacial score (nSPS) is 15.1. The number of hydrogen-bond acceptors (Lipinski definition) is 3. The van der Waals surface area contributed by atoms with Gasteiger partial charge in [0.25, 0.3) is 5.91 Å². The van der Waals surface area contributed by atoms with E-state index < -0.39 is 0 Å². The van der Waals surface area contributed by atoms with Crippen LogP contribution in [-0.4, -0.2) is 28.9 Å². The molecule has 0 radical (unpaired) electrons. The minimum atomic E-state index is 0.165. The fraction of sp³-hybridized carbons (Fsp3) is 0.294. The summed E-state index contributed by atoms with van der Waals surface area (Å²) in [6, 6.07) is 9.89. The summed E-state index contributed by atoms with van der Waals surface area (Å²) in [5.41, 5.74) is 3.43. The molecule has 1 fully saturated rings. The lowest BCUT2D eigenvalue weighted by Gasteiger charge is -2.28. The molecule has 4 heteroatoms. The van der Waals surface area contributed by atoms with Crippen molar-refractivity contribution in [1.29, 1.82) is 0 Å². The van der Waals surface area contributed by atoms with Gasteiger partial charge in [-0.2, -0.15) is 0 Å². The molecule has 0 saturated carbocycles. The third kappa shape index (κ3) is 3.39. The topological polar surface area (TPSA) is 33.2 Å². The summed E-state index contributed by atoms with van der Waals surface area (Å²) in [6.07, 6.45) is 4.04. The Bertz CT molecular complexity index is 651. The highest BCUT2D eigenvalue weighted by Gasteiger charge is 2.20. The molecular weight excluding hydrogens is 280 g/mol. The molecule has 0 aliphatic carbocycles. The third-order valence-electron chi connectivity index (χ3n) is 3.69. The molecule has 3 rings (SSSR count). The Kier molecular flexibility index (Phi) is 4.15. The first-order valence-corrected chi connectivity index (χ1v) is 8.06. The summed E-state index contributed by atoms with van der Waals surface area (Å²) in [7, 11) is 0. The van der Waals surface area contributed by atoms with E-state index in [0.29, 0.717) is 0 Å². The SMILES string of the molecule is Cc1cccc(C=C2CCN(C(=O)c3cccs3)CC2)n1. The summed E-state index contributed by atoms with van der Waals surface area (Å²) in [5, 5.41) is 1.95. The highest BCUT2D eigenvalue weighted by Crippen LogP contribution is 2.21. The van der Waals surface area contributed by atoms with Gasteiger partial charge >= 0.3 is 0 Å². The van der Waals surface area contributed by atoms with E-state index in [1.807, 2.05) is 47.5 Å². The average molecular weight is 298 g/mol. The average Bonchev–Trinajstić information content (AvgIpc) is 3.01. The maximum atomic E-state index is 12.3. The van der Waals surface area contributed by atoms with Gasteiger partial charge < -0.3 is 4.90 Å². The number of pyridine rings is 1. The number of thiophene rings is 1. The molecule has 1 aliphatic rings. The number of aromatic nitrogens is 1. The van der Waals surface area contributed by atoms with Crippen LogP contribution < -0.4 is 0 Å². The van der Waals surface area contributed by atoms with Crippen molar-refractivity contribution in [2.75, 3.05) is 13.1 Å². The van der Waals surface area contributed by atoms with Crippen molar-refractivity contribution in [2.45, 2.75) is 19.8 Å². The minimum absolute atomic E-state index is 0.165. The zero-order valence-corrected chi connectivity index (χ0v) is 12.9. The fourth-order valence-electron chi connectivity index (χ4n) is 2.55. The van der Waals surface area contributed by atoms with Gasteiger partial charge in [0.2, 0.25) is 0 Å². The fourth-order valence-corrected chi connectivity index (χ4v) is 3.24. The predicted molar refractivity (Wildman–Crippen MR) is 86.4 cm³/mol. The van der Waals surface area contributed by atoms with Gasteiger partial charge in [0.15, 0.2) is 0 Å². The second kappa shape index (κ2) is 6.22. The van der Waals surface area contributed by atoms with E-state index in [0.717, 1.165) is 42.2 Å². The molecule has 0 unspecified atom stereocenters. The lowest BCUT2D eigenvalue weighted by Crippen LogP contribution is -2.35. The molecule has 2 aromatic heterocycles. The van der Waals surface area contributed by atoms with Gasteiger partial charge in [-0.1, -0.05) is 17.7 Å². The molecule has 0 aromatic carbocycles. The number of nitrogens with zero attached hydrogens (tertiary/aromatic N) is 2. The van der Waals surface area contributed by atoms with Crippen molar-refractivity contribution < 1.29 is 4.79 Å². The number of amides is 1. The first-order valence-electron chi connectivity index (χ1n) is 7.18. The Morgan fingerprint density at radius 3 is 2.71 bits per heavy atom. The molecule has 0 N–H and O–H groups in total. The van der Waals surface area contributed by atoms with Gasteiger partial charge in [-0.3, -0.25) is 9.78 Å². The molecule has 0 bridgehead atoms. The summed E-state index contributed by atoms with van der Waals surface area (Å²) >= 11 is 1.51. The highest BCUT2D eigenvalue weighted by molar-refractivity contribution is 7.12. The molecule has 1 amide bonds.